The van der Waals surface area contributed by atoms with Crippen LogP contribution >= 0.6 is 0 Å². The van der Waals surface area contributed by atoms with Crippen LogP contribution in [-0.2, 0) is 12.8 Å². The molecule has 3 N–H and O–H groups in total. The van der Waals surface area contributed by atoms with Crippen LogP contribution in [0.1, 0.15) is 17.8 Å². The molecule has 0 spiro atoms. The Balaban J connectivity index is 1.98. The average molecular weight is 244 g/mol. The molecule has 1 atom stereocenters. The minimum absolute atomic E-state index is 0.243. The molecule has 1 aromatic carbocycles. The predicted molar refractivity (Wildman–Crippen MR) is 67.6 cm³/mol. The average Bonchev–Trinajstić information content (AvgIpc) is 2.81. The van der Waals surface area contributed by atoms with Crippen LogP contribution in [0.4, 0.5) is 0 Å². The third-order valence-electron chi connectivity index (χ3n) is 3.52. The molecular weight excluding hydrogens is 228 g/mol. The zero-order chi connectivity index (χ0) is 12.5. The molecule has 0 aliphatic heterocycles. The third-order valence-corrected chi connectivity index (χ3v) is 3.52. The van der Waals surface area contributed by atoms with Crippen molar-refractivity contribution in [2.75, 3.05) is 6.54 Å². The maximum absolute atomic E-state index is 9.52. The Labute approximate surface area is 105 Å². The van der Waals surface area contributed by atoms with E-state index in [-0.39, 0.29) is 5.75 Å². The molecule has 1 aliphatic rings. The lowest BCUT2D eigenvalue weighted by Gasteiger charge is -2.20. The van der Waals surface area contributed by atoms with Gasteiger partial charge in [-0.15, -0.1) is 5.10 Å². The molecule has 1 unspecified atom stereocenters. The smallest absolute Gasteiger partial charge is 0.117 e. The number of benzene rings is 1. The minimum Gasteiger partial charge on any atom is -0.508 e. The van der Waals surface area contributed by atoms with Gasteiger partial charge in [0.1, 0.15) is 5.75 Å². The largest absolute Gasteiger partial charge is 0.508 e. The van der Waals surface area contributed by atoms with Crippen molar-refractivity contribution in [3.63, 3.8) is 0 Å². The minimum atomic E-state index is 0.243. The summed E-state index contributed by atoms with van der Waals surface area (Å²) in [6.45, 7) is 0.707. The SMILES string of the molecule is NCC1CCc2c(nnn2-c2cccc(O)c2)C1. The highest BCUT2D eigenvalue weighted by Crippen LogP contribution is 2.25. The Morgan fingerprint density at radius 2 is 2.33 bits per heavy atom. The van der Waals surface area contributed by atoms with Crippen LogP contribution in [0, 0.1) is 5.92 Å². The molecule has 0 saturated carbocycles. The normalized spacial score (nSPS) is 18.6. The van der Waals surface area contributed by atoms with E-state index in [1.165, 1.54) is 0 Å². The van der Waals surface area contributed by atoms with Crippen molar-refractivity contribution in [1.82, 2.24) is 15.0 Å². The zero-order valence-electron chi connectivity index (χ0n) is 10.1. The van der Waals surface area contributed by atoms with Crippen molar-refractivity contribution in [1.29, 1.82) is 0 Å². The number of hydrogen-bond donors (Lipinski definition) is 2. The molecule has 0 fully saturated rings. The summed E-state index contributed by atoms with van der Waals surface area (Å²) in [5.41, 5.74) is 8.75. The molecular formula is C13H16N4O. The maximum atomic E-state index is 9.52. The van der Waals surface area contributed by atoms with Gasteiger partial charge in [-0.05, 0) is 43.9 Å². The fourth-order valence-electron chi connectivity index (χ4n) is 2.49. The van der Waals surface area contributed by atoms with Gasteiger partial charge in [-0.25, -0.2) is 4.68 Å². The summed E-state index contributed by atoms with van der Waals surface area (Å²) in [6, 6.07) is 7.08. The first-order chi connectivity index (χ1) is 8.78. The molecule has 94 valence electrons. The van der Waals surface area contributed by atoms with Crippen LogP contribution in [0.3, 0.4) is 0 Å². The summed E-state index contributed by atoms with van der Waals surface area (Å²) >= 11 is 0. The van der Waals surface area contributed by atoms with E-state index in [0.29, 0.717) is 12.5 Å². The Kier molecular flexibility index (Phi) is 2.76. The van der Waals surface area contributed by atoms with E-state index in [2.05, 4.69) is 10.3 Å². The molecule has 0 radical (unpaired) electrons. The highest BCUT2D eigenvalue weighted by atomic mass is 16.3. The lowest BCUT2D eigenvalue weighted by molar-refractivity contribution is 0.457. The van der Waals surface area contributed by atoms with Crippen LogP contribution in [-0.4, -0.2) is 26.6 Å². The molecule has 1 heterocycles. The highest BCUT2D eigenvalue weighted by molar-refractivity contribution is 5.39. The number of nitrogens with zero attached hydrogens (tertiary/aromatic N) is 3. The molecule has 18 heavy (non-hydrogen) atoms. The second-order valence-corrected chi connectivity index (χ2v) is 4.76. The molecule has 1 aromatic heterocycles. The van der Waals surface area contributed by atoms with Crippen LogP contribution in [0.25, 0.3) is 5.69 Å². The van der Waals surface area contributed by atoms with Gasteiger partial charge in [-0.1, -0.05) is 11.3 Å². The van der Waals surface area contributed by atoms with Gasteiger partial charge in [0.05, 0.1) is 17.1 Å². The van der Waals surface area contributed by atoms with Crippen molar-refractivity contribution in [2.45, 2.75) is 19.3 Å². The monoisotopic (exact) mass is 244 g/mol. The molecule has 2 aromatic rings. The fourth-order valence-corrected chi connectivity index (χ4v) is 2.49. The maximum Gasteiger partial charge on any atom is 0.117 e. The quantitative estimate of drug-likeness (QED) is 0.827. The van der Waals surface area contributed by atoms with E-state index >= 15 is 0 Å². The molecule has 1 aliphatic carbocycles. The van der Waals surface area contributed by atoms with Gasteiger partial charge in [0, 0.05) is 6.07 Å². The fraction of sp³-hybridized carbons (Fsp3) is 0.385. The van der Waals surface area contributed by atoms with Crippen LogP contribution in [0.15, 0.2) is 24.3 Å². The zero-order valence-corrected chi connectivity index (χ0v) is 10.1. The summed E-state index contributed by atoms with van der Waals surface area (Å²) in [4.78, 5) is 0. The number of aromatic hydroxyl groups is 1. The van der Waals surface area contributed by atoms with Crippen molar-refractivity contribution < 1.29 is 5.11 Å². The lowest BCUT2D eigenvalue weighted by atomic mass is 9.90. The first-order valence-corrected chi connectivity index (χ1v) is 6.21. The van der Waals surface area contributed by atoms with E-state index in [1.54, 1.807) is 12.1 Å². The highest BCUT2D eigenvalue weighted by Gasteiger charge is 2.23. The van der Waals surface area contributed by atoms with Crippen molar-refractivity contribution in [3.05, 3.63) is 35.7 Å². The first kappa shape index (κ1) is 11.2. The summed E-state index contributed by atoms with van der Waals surface area (Å²) in [5, 5.41) is 17.9. The van der Waals surface area contributed by atoms with E-state index in [9.17, 15) is 5.11 Å². The Hall–Kier alpha value is -1.88. The van der Waals surface area contributed by atoms with Crippen molar-refractivity contribution in [3.8, 4) is 11.4 Å². The Morgan fingerprint density at radius 3 is 3.11 bits per heavy atom. The number of fused-ring (bicyclic) bond motifs is 1. The number of aromatic nitrogens is 3. The molecule has 0 saturated heterocycles. The number of hydrogen-bond acceptors (Lipinski definition) is 4. The van der Waals surface area contributed by atoms with Gasteiger partial charge in [-0.2, -0.15) is 0 Å². The van der Waals surface area contributed by atoms with Gasteiger partial charge in [0.15, 0.2) is 0 Å². The van der Waals surface area contributed by atoms with E-state index < -0.39 is 0 Å². The standard InChI is InChI=1S/C13H16N4O/c14-8-9-4-5-13-12(6-9)15-16-17(13)10-2-1-3-11(18)7-10/h1-3,7,9,18H,4-6,8,14H2. The summed E-state index contributed by atoms with van der Waals surface area (Å²) < 4.78 is 1.82. The van der Waals surface area contributed by atoms with Gasteiger partial charge in [0.2, 0.25) is 0 Å². The van der Waals surface area contributed by atoms with Gasteiger partial charge in [-0.3, -0.25) is 0 Å². The van der Waals surface area contributed by atoms with Crippen LogP contribution in [0.5, 0.6) is 5.75 Å². The van der Waals surface area contributed by atoms with E-state index in [0.717, 1.165) is 36.3 Å². The van der Waals surface area contributed by atoms with Gasteiger partial charge >= 0.3 is 0 Å². The summed E-state index contributed by atoms with van der Waals surface area (Å²) in [7, 11) is 0. The topological polar surface area (TPSA) is 77.0 Å². The lowest BCUT2D eigenvalue weighted by Crippen LogP contribution is -2.23. The van der Waals surface area contributed by atoms with Crippen molar-refractivity contribution >= 4 is 0 Å². The van der Waals surface area contributed by atoms with Crippen LogP contribution < -0.4 is 5.73 Å². The number of nitrogens with two attached hydrogens (primary N) is 1. The summed E-state index contributed by atoms with van der Waals surface area (Å²) in [5.74, 6) is 0.763. The summed E-state index contributed by atoms with van der Waals surface area (Å²) in [6.07, 6.45) is 2.93. The number of phenols is 1. The Morgan fingerprint density at radius 1 is 1.44 bits per heavy atom. The van der Waals surface area contributed by atoms with Crippen LogP contribution in [0.2, 0.25) is 0 Å². The number of phenolic OH excluding ortho intramolecular Hbond substituents is 1. The molecule has 5 nitrogen and oxygen atoms in total. The van der Waals surface area contributed by atoms with E-state index in [4.69, 9.17) is 5.73 Å². The Bertz CT molecular complexity index is 564. The second-order valence-electron chi connectivity index (χ2n) is 4.76. The van der Waals surface area contributed by atoms with Crippen molar-refractivity contribution in [2.24, 2.45) is 11.7 Å². The molecule has 0 amide bonds. The molecule has 3 rings (SSSR count). The third kappa shape index (κ3) is 1.86. The second kappa shape index (κ2) is 4.42. The van der Waals surface area contributed by atoms with E-state index in [1.807, 2.05) is 16.8 Å². The predicted octanol–water partition coefficient (Wildman–Crippen LogP) is 1.04. The van der Waals surface area contributed by atoms with Gasteiger partial charge < -0.3 is 10.8 Å². The van der Waals surface area contributed by atoms with Gasteiger partial charge in [0.25, 0.3) is 0 Å². The molecule has 5 heteroatoms. The number of rotatable bonds is 2. The first-order valence-electron chi connectivity index (χ1n) is 6.21. The molecule has 0 bridgehead atoms.